The molecule has 5 heteroatoms. The number of aromatic nitrogens is 1. The van der Waals surface area contributed by atoms with Crippen molar-refractivity contribution in [2.24, 2.45) is 0 Å². The number of rotatable bonds is 3. The van der Waals surface area contributed by atoms with Crippen LogP contribution in [0, 0.1) is 3.57 Å². The Kier molecular flexibility index (Phi) is 3.74. The molecule has 0 saturated carbocycles. The third kappa shape index (κ3) is 2.82. The highest BCUT2D eigenvalue weighted by Gasteiger charge is 2.13. The molecule has 2 aromatic carbocycles. The second-order valence-corrected chi connectivity index (χ2v) is 5.53. The van der Waals surface area contributed by atoms with Crippen molar-refractivity contribution in [3.63, 3.8) is 0 Å². The summed E-state index contributed by atoms with van der Waals surface area (Å²) < 4.78 is 6.66. The highest BCUT2D eigenvalue weighted by Crippen LogP contribution is 2.28. The number of carboxylic acid groups (broad SMARTS) is 1. The maximum absolute atomic E-state index is 11.4. The molecule has 0 saturated heterocycles. The Morgan fingerprint density at radius 1 is 1.10 bits per heavy atom. The molecule has 0 radical (unpaired) electrons. The van der Waals surface area contributed by atoms with E-state index in [4.69, 9.17) is 4.74 Å². The first-order valence-corrected chi connectivity index (χ1v) is 7.28. The molecule has 1 aromatic heterocycles. The maximum Gasteiger partial charge on any atom is 0.336 e. The third-order valence-electron chi connectivity index (χ3n) is 2.97. The van der Waals surface area contributed by atoms with Crippen molar-refractivity contribution in [1.29, 1.82) is 0 Å². The SMILES string of the molecule is O=C(O)c1cc(Oc2ccccc2I)nc2ccccc12. The van der Waals surface area contributed by atoms with Gasteiger partial charge >= 0.3 is 5.97 Å². The van der Waals surface area contributed by atoms with E-state index in [1.165, 1.54) is 6.07 Å². The zero-order valence-corrected chi connectivity index (χ0v) is 12.9. The van der Waals surface area contributed by atoms with Gasteiger partial charge in [0.1, 0.15) is 5.75 Å². The molecular weight excluding hydrogens is 381 g/mol. The van der Waals surface area contributed by atoms with E-state index in [0.717, 1.165) is 3.57 Å². The molecule has 0 fully saturated rings. The molecule has 0 aliphatic heterocycles. The van der Waals surface area contributed by atoms with Crippen LogP contribution in [-0.2, 0) is 0 Å². The number of hydrogen-bond donors (Lipinski definition) is 1. The number of benzene rings is 2. The fourth-order valence-corrected chi connectivity index (χ4v) is 2.52. The Morgan fingerprint density at radius 3 is 2.57 bits per heavy atom. The van der Waals surface area contributed by atoms with Crippen LogP contribution in [0.5, 0.6) is 11.6 Å². The molecular formula is C16H10INO3. The molecule has 0 amide bonds. The first-order chi connectivity index (χ1) is 10.1. The Labute approximate surface area is 134 Å². The first kappa shape index (κ1) is 13.8. The summed E-state index contributed by atoms with van der Waals surface area (Å²) in [5, 5.41) is 9.94. The lowest BCUT2D eigenvalue weighted by atomic mass is 10.1. The van der Waals surface area contributed by atoms with E-state index in [-0.39, 0.29) is 11.4 Å². The molecule has 1 N–H and O–H groups in total. The van der Waals surface area contributed by atoms with E-state index in [2.05, 4.69) is 27.6 Å². The van der Waals surface area contributed by atoms with Crippen LogP contribution in [-0.4, -0.2) is 16.1 Å². The largest absolute Gasteiger partial charge is 0.478 e. The van der Waals surface area contributed by atoms with Crippen LogP contribution in [0.15, 0.2) is 54.6 Å². The maximum atomic E-state index is 11.4. The molecule has 3 rings (SSSR count). The summed E-state index contributed by atoms with van der Waals surface area (Å²) in [5.74, 6) is -0.0753. The molecule has 104 valence electrons. The van der Waals surface area contributed by atoms with Gasteiger partial charge in [0.2, 0.25) is 5.88 Å². The van der Waals surface area contributed by atoms with Gasteiger partial charge in [-0.25, -0.2) is 9.78 Å². The van der Waals surface area contributed by atoms with Gasteiger partial charge in [0.05, 0.1) is 14.7 Å². The van der Waals surface area contributed by atoms with Gasteiger partial charge in [0.25, 0.3) is 0 Å². The minimum absolute atomic E-state index is 0.182. The molecule has 4 nitrogen and oxygen atoms in total. The van der Waals surface area contributed by atoms with Crippen molar-refractivity contribution in [1.82, 2.24) is 4.98 Å². The van der Waals surface area contributed by atoms with E-state index in [1.54, 1.807) is 18.2 Å². The lowest BCUT2D eigenvalue weighted by Crippen LogP contribution is -2.00. The van der Waals surface area contributed by atoms with Crippen molar-refractivity contribution in [2.45, 2.75) is 0 Å². The van der Waals surface area contributed by atoms with Crippen LogP contribution < -0.4 is 4.74 Å². The van der Waals surface area contributed by atoms with E-state index in [0.29, 0.717) is 16.7 Å². The predicted molar refractivity (Wildman–Crippen MR) is 87.9 cm³/mol. The minimum atomic E-state index is -0.999. The average molecular weight is 391 g/mol. The summed E-state index contributed by atoms with van der Waals surface area (Å²) in [6, 6.07) is 16.1. The number of halogens is 1. The van der Waals surface area contributed by atoms with Crippen molar-refractivity contribution >= 4 is 39.5 Å². The second-order valence-electron chi connectivity index (χ2n) is 4.36. The fourth-order valence-electron chi connectivity index (χ4n) is 2.02. The lowest BCUT2D eigenvalue weighted by molar-refractivity contribution is 0.0698. The normalized spacial score (nSPS) is 10.5. The van der Waals surface area contributed by atoms with Crippen LogP contribution in [0.4, 0.5) is 0 Å². The number of ether oxygens (including phenoxy) is 1. The van der Waals surface area contributed by atoms with Crippen molar-refractivity contribution in [3.05, 3.63) is 63.7 Å². The fraction of sp³-hybridized carbons (Fsp3) is 0. The molecule has 21 heavy (non-hydrogen) atoms. The monoisotopic (exact) mass is 391 g/mol. The van der Waals surface area contributed by atoms with Crippen molar-refractivity contribution in [3.8, 4) is 11.6 Å². The highest BCUT2D eigenvalue weighted by molar-refractivity contribution is 14.1. The van der Waals surface area contributed by atoms with Gasteiger partial charge in [-0.2, -0.15) is 0 Å². The quantitative estimate of drug-likeness (QED) is 0.676. The minimum Gasteiger partial charge on any atom is -0.478 e. The van der Waals surface area contributed by atoms with Crippen molar-refractivity contribution < 1.29 is 14.6 Å². The van der Waals surface area contributed by atoms with E-state index < -0.39 is 5.97 Å². The van der Waals surface area contributed by atoms with Gasteiger partial charge < -0.3 is 9.84 Å². The number of nitrogens with zero attached hydrogens (tertiary/aromatic N) is 1. The molecule has 0 bridgehead atoms. The number of carbonyl (C=O) groups is 1. The number of pyridine rings is 1. The topological polar surface area (TPSA) is 59.4 Å². The summed E-state index contributed by atoms with van der Waals surface area (Å²) in [7, 11) is 0. The first-order valence-electron chi connectivity index (χ1n) is 6.20. The molecule has 1 heterocycles. The zero-order chi connectivity index (χ0) is 14.8. The summed E-state index contributed by atoms with van der Waals surface area (Å²) in [6.07, 6.45) is 0. The molecule has 0 aliphatic rings. The van der Waals surface area contributed by atoms with E-state index in [9.17, 15) is 9.90 Å². The number of fused-ring (bicyclic) bond motifs is 1. The molecule has 0 unspecified atom stereocenters. The van der Waals surface area contributed by atoms with Gasteiger partial charge in [-0.05, 0) is 40.8 Å². The standard InChI is InChI=1S/C16H10INO3/c17-12-6-2-4-8-14(12)21-15-9-11(16(19)20)10-5-1-3-7-13(10)18-15/h1-9H,(H,19,20). The van der Waals surface area contributed by atoms with Gasteiger partial charge in [-0.1, -0.05) is 30.3 Å². The van der Waals surface area contributed by atoms with Crippen LogP contribution >= 0.6 is 22.6 Å². The second kappa shape index (κ2) is 5.69. The molecule has 0 aliphatic carbocycles. The Balaban J connectivity index is 2.11. The number of aromatic carboxylic acids is 1. The van der Waals surface area contributed by atoms with E-state index in [1.807, 2.05) is 30.3 Å². The van der Waals surface area contributed by atoms with Crippen LogP contribution in [0.1, 0.15) is 10.4 Å². The Hall–Kier alpha value is -2.15. The summed E-state index contributed by atoms with van der Waals surface area (Å²) in [4.78, 5) is 15.8. The average Bonchev–Trinajstić information content (AvgIpc) is 2.48. The zero-order valence-electron chi connectivity index (χ0n) is 10.8. The Morgan fingerprint density at radius 2 is 1.81 bits per heavy atom. The molecule has 0 atom stereocenters. The Bertz CT molecular complexity index is 833. The molecule has 0 spiro atoms. The van der Waals surface area contributed by atoms with Crippen LogP contribution in [0.3, 0.4) is 0 Å². The van der Waals surface area contributed by atoms with Gasteiger partial charge in [0.15, 0.2) is 0 Å². The summed E-state index contributed by atoms with van der Waals surface area (Å²) in [6.45, 7) is 0. The summed E-state index contributed by atoms with van der Waals surface area (Å²) in [5.41, 5.74) is 0.778. The molecule has 3 aromatic rings. The number of carboxylic acids is 1. The number of para-hydroxylation sites is 2. The van der Waals surface area contributed by atoms with E-state index >= 15 is 0 Å². The lowest BCUT2D eigenvalue weighted by Gasteiger charge is -2.09. The van der Waals surface area contributed by atoms with Gasteiger partial charge in [0, 0.05) is 11.5 Å². The van der Waals surface area contributed by atoms with Gasteiger partial charge in [-0.15, -0.1) is 0 Å². The smallest absolute Gasteiger partial charge is 0.336 e. The predicted octanol–water partition coefficient (Wildman–Crippen LogP) is 4.33. The summed E-state index contributed by atoms with van der Waals surface area (Å²) >= 11 is 2.16. The van der Waals surface area contributed by atoms with Crippen molar-refractivity contribution in [2.75, 3.05) is 0 Å². The number of hydrogen-bond acceptors (Lipinski definition) is 3. The highest BCUT2D eigenvalue weighted by atomic mass is 127. The van der Waals surface area contributed by atoms with Gasteiger partial charge in [-0.3, -0.25) is 0 Å². The van der Waals surface area contributed by atoms with Crippen LogP contribution in [0.2, 0.25) is 0 Å². The third-order valence-corrected chi connectivity index (χ3v) is 3.87. The van der Waals surface area contributed by atoms with Crippen LogP contribution in [0.25, 0.3) is 10.9 Å².